The molecule has 6 N–H and O–H groups in total. The van der Waals surface area contributed by atoms with E-state index in [2.05, 4.69) is 26.8 Å². The minimum atomic E-state index is -1.40. The zero-order valence-corrected chi connectivity index (χ0v) is 16.6. The lowest BCUT2D eigenvalue weighted by molar-refractivity contribution is -0.0514. The molecule has 4 rings (SSSR count). The van der Waals surface area contributed by atoms with Crippen LogP contribution in [0.5, 0.6) is 0 Å². The summed E-state index contributed by atoms with van der Waals surface area (Å²) in [6.45, 7) is -0.500. The van der Waals surface area contributed by atoms with E-state index in [0.717, 1.165) is 4.90 Å². The van der Waals surface area contributed by atoms with E-state index in [9.17, 15) is 20.1 Å². The highest BCUT2D eigenvalue weighted by atomic mass is 32.2. The Morgan fingerprint density at radius 2 is 1.97 bits per heavy atom. The third-order valence-corrected chi connectivity index (χ3v) is 5.49. The topological polar surface area (TPSA) is 160 Å². The molecule has 0 spiro atoms. The maximum atomic E-state index is 12.3. The van der Waals surface area contributed by atoms with Gasteiger partial charge in [0.2, 0.25) is 5.95 Å². The third-order valence-electron chi connectivity index (χ3n) is 4.75. The summed E-state index contributed by atoms with van der Waals surface area (Å²) in [6, 6.07) is 7.55. The summed E-state index contributed by atoms with van der Waals surface area (Å²) in [6.07, 6.45) is -2.94. The van der Waals surface area contributed by atoms with E-state index in [1.54, 1.807) is 11.8 Å². The number of anilines is 1. The molecule has 0 bridgehead atoms. The number of imidazole rings is 1. The first-order chi connectivity index (χ1) is 14.4. The molecule has 1 fully saturated rings. The number of aliphatic hydroxyl groups is 3. The molecular formula is C19H19N5O5S. The Labute approximate surface area is 174 Å². The van der Waals surface area contributed by atoms with Crippen molar-refractivity contribution in [1.29, 1.82) is 0 Å². The van der Waals surface area contributed by atoms with Gasteiger partial charge >= 0.3 is 0 Å². The van der Waals surface area contributed by atoms with Gasteiger partial charge < -0.3 is 25.8 Å². The third kappa shape index (κ3) is 3.55. The Balaban J connectivity index is 1.85. The van der Waals surface area contributed by atoms with Crippen molar-refractivity contribution in [2.24, 2.45) is 0 Å². The second-order valence-electron chi connectivity index (χ2n) is 6.64. The number of ether oxygens (including phenoxy) is 1. The molecule has 0 aliphatic carbocycles. The first-order valence-electron chi connectivity index (χ1n) is 8.99. The van der Waals surface area contributed by atoms with Crippen molar-refractivity contribution in [3.8, 4) is 11.8 Å². The lowest BCUT2D eigenvalue weighted by Crippen LogP contribution is -2.33. The average Bonchev–Trinajstić information content (AvgIpc) is 3.24. The first kappa shape index (κ1) is 20.4. The predicted molar refractivity (Wildman–Crippen MR) is 110 cm³/mol. The quantitative estimate of drug-likeness (QED) is 0.271. The number of nitrogens with two attached hydrogens (primary N) is 1. The second kappa shape index (κ2) is 8.10. The van der Waals surface area contributed by atoms with E-state index >= 15 is 0 Å². The van der Waals surface area contributed by atoms with Crippen molar-refractivity contribution in [2.75, 3.05) is 18.6 Å². The fourth-order valence-corrected chi connectivity index (χ4v) is 3.63. The van der Waals surface area contributed by atoms with Gasteiger partial charge in [0, 0.05) is 10.5 Å². The Morgan fingerprint density at radius 3 is 2.60 bits per heavy atom. The van der Waals surface area contributed by atoms with E-state index < -0.39 is 36.7 Å². The van der Waals surface area contributed by atoms with Gasteiger partial charge in [-0.3, -0.25) is 14.3 Å². The molecule has 0 radical (unpaired) electrons. The largest absolute Gasteiger partial charge is 0.394 e. The van der Waals surface area contributed by atoms with Crippen LogP contribution in [0.2, 0.25) is 0 Å². The monoisotopic (exact) mass is 429 g/mol. The maximum absolute atomic E-state index is 12.3. The number of aliphatic hydroxyl groups excluding tert-OH is 3. The Bertz CT molecular complexity index is 1200. The molecule has 156 valence electrons. The highest BCUT2D eigenvalue weighted by Crippen LogP contribution is 2.32. The van der Waals surface area contributed by atoms with Crippen LogP contribution in [0.25, 0.3) is 11.2 Å². The molecule has 30 heavy (non-hydrogen) atoms. The lowest BCUT2D eigenvalue weighted by Gasteiger charge is -2.17. The smallest absolute Gasteiger partial charge is 0.280 e. The highest BCUT2D eigenvalue weighted by Gasteiger charge is 2.45. The predicted octanol–water partition coefficient (Wildman–Crippen LogP) is -0.565. The summed E-state index contributed by atoms with van der Waals surface area (Å²) in [5.41, 5.74) is 5.82. The van der Waals surface area contributed by atoms with Gasteiger partial charge in [0.05, 0.1) is 6.61 Å². The highest BCUT2D eigenvalue weighted by molar-refractivity contribution is 7.98. The number of H-pyrrole nitrogens is 1. The summed E-state index contributed by atoms with van der Waals surface area (Å²) in [4.78, 5) is 24.1. The van der Waals surface area contributed by atoms with Gasteiger partial charge in [-0.25, -0.2) is 4.98 Å². The number of thioether (sulfide) groups is 1. The van der Waals surface area contributed by atoms with Gasteiger partial charge in [-0.1, -0.05) is 5.92 Å². The normalized spacial score (nSPS) is 23.5. The minimum absolute atomic E-state index is 0.0380. The second-order valence-corrected chi connectivity index (χ2v) is 7.52. The minimum Gasteiger partial charge on any atom is -0.394 e. The number of benzene rings is 1. The summed E-state index contributed by atoms with van der Waals surface area (Å²) in [5.74, 6) is 5.78. The van der Waals surface area contributed by atoms with E-state index in [1.165, 1.54) is 4.57 Å². The number of hydrogen-bond acceptors (Lipinski definition) is 9. The average molecular weight is 429 g/mol. The van der Waals surface area contributed by atoms with Gasteiger partial charge in [-0.05, 0) is 36.4 Å². The van der Waals surface area contributed by atoms with E-state index in [0.29, 0.717) is 5.56 Å². The number of hydrogen-bond donors (Lipinski definition) is 5. The van der Waals surface area contributed by atoms with Crippen LogP contribution in [-0.2, 0) is 4.74 Å². The number of nitrogens with one attached hydrogen (secondary N) is 1. The summed E-state index contributed by atoms with van der Waals surface area (Å²) in [7, 11) is 0. The van der Waals surface area contributed by atoms with Crippen molar-refractivity contribution in [3.63, 3.8) is 0 Å². The van der Waals surface area contributed by atoms with E-state index in [4.69, 9.17) is 10.5 Å². The SMILES string of the molecule is CSc1ccc(C#Cc2nc3c(=O)[nH]c(N)nc3n2[C@@H]2O[C@H](CO)[C@@H](O)[C@H]2O)cc1. The molecule has 3 heterocycles. The number of aromatic nitrogens is 4. The Morgan fingerprint density at radius 1 is 1.23 bits per heavy atom. The van der Waals surface area contributed by atoms with Gasteiger partial charge in [0.15, 0.2) is 23.2 Å². The van der Waals surface area contributed by atoms with Crippen LogP contribution in [0.1, 0.15) is 17.6 Å². The van der Waals surface area contributed by atoms with Crippen molar-refractivity contribution in [2.45, 2.75) is 29.4 Å². The molecule has 1 aromatic carbocycles. The molecule has 4 atom stereocenters. The summed E-state index contributed by atoms with van der Waals surface area (Å²) in [5, 5.41) is 30.0. The van der Waals surface area contributed by atoms with E-state index in [-0.39, 0.29) is 22.9 Å². The number of rotatable bonds is 3. The molecule has 1 aliphatic heterocycles. The Kier molecular flexibility index (Phi) is 5.50. The molecule has 0 amide bonds. The van der Waals surface area contributed by atoms with Gasteiger partial charge in [0.25, 0.3) is 5.56 Å². The van der Waals surface area contributed by atoms with Crippen molar-refractivity contribution >= 4 is 28.9 Å². The van der Waals surface area contributed by atoms with Gasteiger partial charge in [0.1, 0.15) is 18.3 Å². The molecule has 11 heteroatoms. The molecule has 3 aromatic rings. The van der Waals surface area contributed by atoms with Crippen LogP contribution in [0, 0.1) is 11.8 Å². The first-order valence-corrected chi connectivity index (χ1v) is 10.2. The molecule has 0 unspecified atom stereocenters. The molecule has 1 aliphatic rings. The van der Waals surface area contributed by atoms with Gasteiger partial charge in [-0.2, -0.15) is 4.98 Å². The Hall–Kier alpha value is -2.88. The van der Waals surface area contributed by atoms with Crippen LogP contribution >= 0.6 is 11.8 Å². The van der Waals surface area contributed by atoms with Gasteiger partial charge in [-0.15, -0.1) is 11.8 Å². The zero-order chi connectivity index (χ0) is 21.4. The standard InChI is InChI=1S/C19H19N5O5S/c1-30-10-5-2-9(3-6-10)4-7-12-21-13-16(22-19(20)23-17(13)28)24(12)18-15(27)14(26)11(8-25)29-18/h2-3,5-6,11,14-15,18,25-27H,8H2,1H3,(H3,20,22,23,28)/t11-,14-,15-,18-/m1/s1. The van der Waals surface area contributed by atoms with Crippen LogP contribution in [0.4, 0.5) is 5.95 Å². The van der Waals surface area contributed by atoms with Crippen LogP contribution in [0.15, 0.2) is 34.0 Å². The number of nitrogen functional groups attached to an aromatic ring is 1. The summed E-state index contributed by atoms with van der Waals surface area (Å²) < 4.78 is 6.91. The molecule has 10 nitrogen and oxygen atoms in total. The molecule has 2 aromatic heterocycles. The zero-order valence-electron chi connectivity index (χ0n) is 15.8. The van der Waals surface area contributed by atoms with Crippen molar-refractivity contribution in [1.82, 2.24) is 19.5 Å². The lowest BCUT2D eigenvalue weighted by atomic mass is 10.1. The van der Waals surface area contributed by atoms with Crippen LogP contribution in [0.3, 0.4) is 0 Å². The molecular weight excluding hydrogens is 410 g/mol. The fraction of sp³-hybridized carbons (Fsp3) is 0.316. The molecule has 1 saturated heterocycles. The van der Waals surface area contributed by atoms with E-state index in [1.807, 2.05) is 30.5 Å². The summed E-state index contributed by atoms with van der Waals surface area (Å²) >= 11 is 1.61. The van der Waals surface area contributed by atoms with Crippen LogP contribution in [-0.4, -0.2) is 66.0 Å². The van der Waals surface area contributed by atoms with Crippen molar-refractivity contribution in [3.05, 3.63) is 46.0 Å². The van der Waals surface area contributed by atoms with Crippen molar-refractivity contribution < 1.29 is 20.1 Å². The maximum Gasteiger partial charge on any atom is 0.280 e. The fourth-order valence-electron chi connectivity index (χ4n) is 3.23. The van der Waals surface area contributed by atoms with Crippen LogP contribution < -0.4 is 11.3 Å². The number of nitrogens with zero attached hydrogens (tertiary/aromatic N) is 3. The molecule has 0 saturated carbocycles. The number of aromatic amines is 1. The number of fused-ring (bicyclic) bond motifs is 1.